The van der Waals surface area contributed by atoms with Crippen LogP contribution in [0.1, 0.15) is 26.2 Å². The van der Waals surface area contributed by atoms with Gasteiger partial charge in [-0.15, -0.1) is 0 Å². The molecule has 0 N–H and O–H groups in total. The van der Waals surface area contributed by atoms with Gasteiger partial charge >= 0.3 is 0 Å². The number of ether oxygens (including phenoxy) is 1. The van der Waals surface area contributed by atoms with Crippen molar-refractivity contribution in [2.45, 2.75) is 33.3 Å². The fourth-order valence-corrected chi connectivity index (χ4v) is 1.44. The van der Waals surface area contributed by atoms with E-state index in [0.717, 1.165) is 17.7 Å². The van der Waals surface area contributed by atoms with Gasteiger partial charge in [-0.1, -0.05) is 24.2 Å². The number of benzene rings is 1. The van der Waals surface area contributed by atoms with Crippen molar-refractivity contribution in [2.75, 3.05) is 0 Å². The molecule has 1 aromatic carbocycles. The second kappa shape index (κ2) is 4.99. The van der Waals surface area contributed by atoms with Crippen molar-refractivity contribution in [3.05, 3.63) is 30.2 Å². The van der Waals surface area contributed by atoms with Gasteiger partial charge in [-0.05, 0) is 25.5 Å². The maximum Gasteiger partial charge on any atom is 0.223 e. The first-order valence-corrected chi connectivity index (χ1v) is 5.76. The van der Waals surface area contributed by atoms with Crippen LogP contribution in [0.2, 0.25) is 0 Å². The molecule has 0 saturated carbocycles. The summed E-state index contributed by atoms with van der Waals surface area (Å²) in [6.07, 6.45) is 1.18. The van der Waals surface area contributed by atoms with Gasteiger partial charge in [0.25, 0.3) is 0 Å². The Balaban J connectivity index is 2.22. The number of rotatable bonds is 4. The Kier molecular flexibility index (Phi) is 3.42. The zero-order valence-corrected chi connectivity index (χ0v) is 10.3. The highest BCUT2D eigenvalue weighted by molar-refractivity contribution is 5.56. The van der Waals surface area contributed by atoms with E-state index >= 15 is 0 Å². The molecule has 90 valence electrons. The summed E-state index contributed by atoms with van der Waals surface area (Å²) in [5.74, 6) is 1.99. The number of aromatic nitrogens is 2. The predicted octanol–water partition coefficient (Wildman–Crippen LogP) is 3.22. The molecule has 0 bridgehead atoms. The van der Waals surface area contributed by atoms with Crippen molar-refractivity contribution in [1.82, 2.24) is 10.1 Å². The van der Waals surface area contributed by atoms with Crippen molar-refractivity contribution < 1.29 is 9.26 Å². The second-order valence-corrected chi connectivity index (χ2v) is 4.00. The molecule has 0 aliphatic rings. The van der Waals surface area contributed by atoms with E-state index < -0.39 is 0 Å². The van der Waals surface area contributed by atoms with Crippen molar-refractivity contribution >= 4 is 0 Å². The van der Waals surface area contributed by atoms with Crippen LogP contribution in [-0.2, 0) is 0 Å². The van der Waals surface area contributed by atoms with Crippen LogP contribution in [0.5, 0.6) is 5.75 Å². The summed E-state index contributed by atoms with van der Waals surface area (Å²) in [5.41, 5.74) is 0.905. The smallest absolute Gasteiger partial charge is 0.223 e. The highest BCUT2D eigenvalue weighted by Gasteiger charge is 2.07. The number of aryl methyl sites for hydroxylation is 1. The first-order valence-electron chi connectivity index (χ1n) is 5.76. The fourth-order valence-electron chi connectivity index (χ4n) is 1.44. The second-order valence-electron chi connectivity index (χ2n) is 4.00. The topological polar surface area (TPSA) is 48.2 Å². The normalized spacial score (nSPS) is 12.4. The average molecular weight is 232 g/mol. The lowest BCUT2D eigenvalue weighted by atomic mass is 10.2. The summed E-state index contributed by atoms with van der Waals surface area (Å²) in [7, 11) is 0. The molecule has 4 nitrogen and oxygen atoms in total. The minimum atomic E-state index is 0.206. The molecule has 0 saturated heterocycles. The van der Waals surface area contributed by atoms with Crippen LogP contribution in [0, 0.1) is 6.92 Å². The molecule has 4 heteroatoms. The number of hydrogen-bond acceptors (Lipinski definition) is 4. The third kappa shape index (κ3) is 2.84. The molecular formula is C13H16N2O2. The summed E-state index contributed by atoms with van der Waals surface area (Å²) >= 11 is 0. The summed E-state index contributed by atoms with van der Waals surface area (Å²) < 4.78 is 10.7. The first-order chi connectivity index (χ1) is 8.19. The van der Waals surface area contributed by atoms with Gasteiger partial charge in [-0.25, -0.2) is 0 Å². The van der Waals surface area contributed by atoms with Crippen molar-refractivity contribution in [2.24, 2.45) is 0 Å². The Labute approximate surface area is 101 Å². The van der Waals surface area contributed by atoms with E-state index in [-0.39, 0.29) is 6.10 Å². The highest BCUT2D eigenvalue weighted by Crippen LogP contribution is 2.22. The maximum absolute atomic E-state index is 5.75. The molecule has 1 unspecified atom stereocenters. The van der Waals surface area contributed by atoms with Gasteiger partial charge in [-0.3, -0.25) is 0 Å². The van der Waals surface area contributed by atoms with E-state index in [4.69, 9.17) is 9.26 Å². The molecule has 0 aliphatic carbocycles. The van der Waals surface area contributed by atoms with Crippen molar-refractivity contribution in [3.8, 4) is 17.1 Å². The van der Waals surface area contributed by atoms with Crippen LogP contribution in [0.4, 0.5) is 0 Å². The van der Waals surface area contributed by atoms with Gasteiger partial charge in [0.15, 0.2) is 0 Å². The Hall–Kier alpha value is -1.84. The van der Waals surface area contributed by atoms with Gasteiger partial charge in [0.1, 0.15) is 5.75 Å². The van der Waals surface area contributed by atoms with Crippen molar-refractivity contribution in [1.29, 1.82) is 0 Å². The van der Waals surface area contributed by atoms with Crippen LogP contribution in [-0.4, -0.2) is 16.2 Å². The summed E-state index contributed by atoms with van der Waals surface area (Å²) in [5, 5.41) is 3.88. The van der Waals surface area contributed by atoms with Gasteiger partial charge < -0.3 is 9.26 Å². The van der Waals surface area contributed by atoms with Crippen LogP contribution >= 0.6 is 0 Å². The van der Waals surface area contributed by atoms with Gasteiger partial charge in [-0.2, -0.15) is 4.98 Å². The van der Waals surface area contributed by atoms with Crippen molar-refractivity contribution in [3.63, 3.8) is 0 Å². The Morgan fingerprint density at radius 3 is 2.88 bits per heavy atom. The average Bonchev–Trinajstić information content (AvgIpc) is 2.76. The predicted molar refractivity (Wildman–Crippen MR) is 64.9 cm³/mol. The summed E-state index contributed by atoms with van der Waals surface area (Å²) in [6, 6.07) is 7.73. The molecule has 2 rings (SSSR count). The standard InChI is InChI=1S/C13H16N2O2/c1-4-9(2)16-12-7-5-6-11(8-12)13-14-10(3)17-15-13/h5-9H,4H2,1-3H3. The maximum atomic E-state index is 5.75. The van der Waals surface area contributed by atoms with E-state index in [1.807, 2.05) is 31.2 Å². The highest BCUT2D eigenvalue weighted by atomic mass is 16.5. The largest absolute Gasteiger partial charge is 0.491 e. The minimum absolute atomic E-state index is 0.206. The molecule has 0 aliphatic heterocycles. The zero-order chi connectivity index (χ0) is 12.3. The molecule has 1 aromatic heterocycles. The molecule has 0 amide bonds. The minimum Gasteiger partial charge on any atom is -0.491 e. The third-order valence-electron chi connectivity index (χ3n) is 2.53. The van der Waals surface area contributed by atoms with E-state index in [2.05, 4.69) is 17.1 Å². The van der Waals surface area contributed by atoms with E-state index in [9.17, 15) is 0 Å². The van der Waals surface area contributed by atoms with Gasteiger partial charge in [0, 0.05) is 12.5 Å². The molecule has 17 heavy (non-hydrogen) atoms. The Bertz CT molecular complexity index is 494. The SMILES string of the molecule is CCC(C)Oc1cccc(-c2noc(C)n2)c1. The van der Waals surface area contributed by atoms with Gasteiger partial charge in [0.2, 0.25) is 11.7 Å². The Morgan fingerprint density at radius 2 is 2.24 bits per heavy atom. The lowest BCUT2D eigenvalue weighted by Crippen LogP contribution is -2.09. The fraction of sp³-hybridized carbons (Fsp3) is 0.385. The Morgan fingerprint density at radius 1 is 1.41 bits per heavy atom. The molecule has 2 aromatic rings. The monoisotopic (exact) mass is 232 g/mol. The molecule has 0 fully saturated rings. The quantitative estimate of drug-likeness (QED) is 0.812. The molecule has 0 radical (unpaired) electrons. The molecular weight excluding hydrogens is 216 g/mol. The molecule has 1 heterocycles. The zero-order valence-electron chi connectivity index (χ0n) is 10.3. The molecule has 0 spiro atoms. The number of hydrogen-bond donors (Lipinski definition) is 0. The van der Waals surface area contributed by atoms with Crippen LogP contribution in [0.25, 0.3) is 11.4 Å². The van der Waals surface area contributed by atoms with Crippen LogP contribution in [0.3, 0.4) is 0 Å². The summed E-state index contributed by atoms with van der Waals surface area (Å²) in [4.78, 5) is 4.19. The third-order valence-corrected chi connectivity index (χ3v) is 2.53. The van der Waals surface area contributed by atoms with E-state index in [1.165, 1.54) is 0 Å². The lowest BCUT2D eigenvalue weighted by molar-refractivity contribution is 0.217. The number of nitrogens with zero attached hydrogens (tertiary/aromatic N) is 2. The van der Waals surface area contributed by atoms with E-state index in [0.29, 0.717) is 11.7 Å². The first kappa shape index (κ1) is 11.6. The van der Waals surface area contributed by atoms with E-state index in [1.54, 1.807) is 6.92 Å². The summed E-state index contributed by atoms with van der Waals surface area (Å²) in [6.45, 7) is 5.91. The molecule has 1 atom stereocenters. The van der Waals surface area contributed by atoms with Gasteiger partial charge in [0.05, 0.1) is 6.10 Å². The van der Waals surface area contributed by atoms with Crippen LogP contribution in [0.15, 0.2) is 28.8 Å². The van der Waals surface area contributed by atoms with Crippen LogP contribution < -0.4 is 4.74 Å². The lowest BCUT2D eigenvalue weighted by Gasteiger charge is -2.12.